The van der Waals surface area contributed by atoms with Crippen LogP contribution in [0.4, 0.5) is 0 Å². The predicted molar refractivity (Wildman–Crippen MR) is 73.6 cm³/mol. The van der Waals surface area contributed by atoms with Gasteiger partial charge in [0.05, 0.1) is 7.11 Å². The molecule has 0 saturated carbocycles. The molecule has 1 aromatic heterocycles. The zero-order chi connectivity index (χ0) is 14.4. The van der Waals surface area contributed by atoms with Crippen molar-refractivity contribution >= 4 is 5.91 Å². The Hall–Kier alpha value is -2.11. The minimum Gasteiger partial charge on any atom is -0.474 e. The molecule has 0 spiro atoms. The molecule has 0 bridgehead atoms. The number of hydrogen-bond acceptors (Lipinski definition) is 5. The molecular formula is C14H19N3O3. The third-order valence-corrected chi connectivity index (χ3v) is 3.14. The molecule has 0 atom stereocenters. The van der Waals surface area contributed by atoms with Crippen molar-refractivity contribution in [3.63, 3.8) is 0 Å². The summed E-state index contributed by atoms with van der Waals surface area (Å²) in [5.41, 5.74) is 0. The minimum absolute atomic E-state index is 0.0645. The molecule has 0 aromatic carbocycles. The molecule has 0 N–H and O–H groups in total. The number of aromatic nitrogens is 2. The van der Waals surface area contributed by atoms with Crippen LogP contribution in [0.5, 0.6) is 11.9 Å². The number of ether oxygens (including phenoxy) is 2. The van der Waals surface area contributed by atoms with E-state index in [4.69, 9.17) is 9.47 Å². The SMILES string of the molecule is C/C=C/C(=O)N1CCC(Oc2ccnc(OC)n2)CC1. The van der Waals surface area contributed by atoms with Crippen LogP contribution < -0.4 is 9.47 Å². The zero-order valence-electron chi connectivity index (χ0n) is 11.8. The summed E-state index contributed by atoms with van der Waals surface area (Å²) in [7, 11) is 1.52. The fourth-order valence-electron chi connectivity index (χ4n) is 2.10. The summed E-state index contributed by atoms with van der Waals surface area (Å²) in [5, 5.41) is 0. The first-order chi connectivity index (χ1) is 9.72. The fraction of sp³-hybridized carbons (Fsp3) is 0.500. The highest BCUT2D eigenvalue weighted by Crippen LogP contribution is 2.18. The van der Waals surface area contributed by atoms with Gasteiger partial charge in [-0.1, -0.05) is 6.08 Å². The Morgan fingerprint density at radius 2 is 2.20 bits per heavy atom. The number of allylic oxidation sites excluding steroid dienone is 1. The van der Waals surface area contributed by atoms with Crippen LogP contribution in [0.25, 0.3) is 0 Å². The van der Waals surface area contributed by atoms with Gasteiger partial charge in [-0.25, -0.2) is 4.98 Å². The van der Waals surface area contributed by atoms with Gasteiger partial charge in [-0.05, 0) is 13.0 Å². The number of likely N-dealkylation sites (tertiary alicyclic amines) is 1. The van der Waals surface area contributed by atoms with Crippen LogP contribution in [0, 0.1) is 0 Å². The van der Waals surface area contributed by atoms with Crippen molar-refractivity contribution in [2.24, 2.45) is 0 Å². The molecule has 1 aliphatic rings. The number of hydrogen-bond donors (Lipinski definition) is 0. The normalized spacial score (nSPS) is 16.4. The average molecular weight is 277 g/mol. The molecule has 1 fully saturated rings. The number of nitrogens with zero attached hydrogens (tertiary/aromatic N) is 3. The summed E-state index contributed by atoms with van der Waals surface area (Å²) in [5.74, 6) is 0.574. The van der Waals surface area contributed by atoms with Gasteiger partial charge in [0.1, 0.15) is 6.10 Å². The lowest BCUT2D eigenvalue weighted by Crippen LogP contribution is -2.41. The number of rotatable bonds is 4. The highest BCUT2D eigenvalue weighted by Gasteiger charge is 2.23. The van der Waals surface area contributed by atoms with E-state index in [-0.39, 0.29) is 12.0 Å². The quantitative estimate of drug-likeness (QED) is 0.779. The van der Waals surface area contributed by atoms with E-state index >= 15 is 0 Å². The van der Waals surface area contributed by atoms with Crippen LogP contribution in [0.1, 0.15) is 19.8 Å². The van der Waals surface area contributed by atoms with Crippen molar-refractivity contribution in [3.8, 4) is 11.9 Å². The smallest absolute Gasteiger partial charge is 0.319 e. The largest absolute Gasteiger partial charge is 0.474 e. The van der Waals surface area contributed by atoms with Gasteiger partial charge in [-0.3, -0.25) is 4.79 Å². The summed E-state index contributed by atoms with van der Waals surface area (Å²) < 4.78 is 10.8. The maximum atomic E-state index is 11.7. The van der Waals surface area contributed by atoms with Gasteiger partial charge in [0.25, 0.3) is 0 Å². The van der Waals surface area contributed by atoms with Gasteiger partial charge < -0.3 is 14.4 Å². The Kier molecular flexibility index (Phi) is 4.92. The number of methoxy groups -OCH3 is 1. The van der Waals surface area contributed by atoms with Crippen molar-refractivity contribution < 1.29 is 14.3 Å². The van der Waals surface area contributed by atoms with E-state index in [1.807, 2.05) is 11.8 Å². The standard InChI is InChI=1S/C14H19N3O3/c1-3-4-13(18)17-9-6-11(7-10-17)20-12-5-8-15-14(16-12)19-2/h3-5,8,11H,6-7,9-10H2,1-2H3/b4-3+. The molecule has 0 radical (unpaired) electrons. The molecule has 20 heavy (non-hydrogen) atoms. The van der Waals surface area contributed by atoms with Crippen LogP contribution >= 0.6 is 0 Å². The molecule has 6 nitrogen and oxygen atoms in total. The second-order valence-electron chi connectivity index (χ2n) is 4.52. The van der Waals surface area contributed by atoms with E-state index in [1.54, 1.807) is 24.4 Å². The first-order valence-corrected chi connectivity index (χ1v) is 6.68. The van der Waals surface area contributed by atoms with E-state index < -0.39 is 0 Å². The van der Waals surface area contributed by atoms with Gasteiger partial charge in [0.2, 0.25) is 11.8 Å². The zero-order valence-corrected chi connectivity index (χ0v) is 11.8. The average Bonchev–Trinajstić information content (AvgIpc) is 2.48. The Morgan fingerprint density at radius 3 is 2.85 bits per heavy atom. The first kappa shape index (κ1) is 14.3. The monoisotopic (exact) mass is 277 g/mol. The number of carbonyl (C=O) groups is 1. The summed E-state index contributed by atoms with van der Waals surface area (Å²) in [6.45, 7) is 3.25. The van der Waals surface area contributed by atoms with Crippen molar-refractivity contribution in [3.05, 3.63) is 24.4 Å². The van der Waals surface area contributed by atoms with Crippen LogP contribution in [0.3, 0.4) is 0 Å². The highest BCUT2D eigenvalue weighted by molar-refractivity contribution is 5.87. The number of amides is 1. The third-order valence-electron chi connectivity index (χ3n) is 3.14. The molecule has 0 aliphatic carbocycles. The van der Waals surface area contributed by atoms with E-state index in [0.29, 0.717) is 25.0 Å². The van der Waals surface area contributed by atoms with Crippen molar-refractivity contribution in [2.45, 2.75) is 25.9 Å². The maximum absolute atomic E-state index is 11.7. The van der Waals surface area contributed by atoms with Crippen LogP contribution in [-0.2, 0) is 4.79 Å². The molecule has 1 saturated heterocycles. The fourth-order valence-corrected chi connectivity index (χ4v) is 2.10. The van der Waals surface area contributed by atoms with Gasteiger partial charge >= 0.3 is 6.01 Å². The molecule has 1 amide bonds. The molecule has 108 valence electrons. The van der Waals surface area contributed by atoms with Crippen molar-refractivity contribution in [2.75, 3.05) is 20.2 Å². The molecule has 1 aliphatic heterocycles. The molecular weight excluding hydrogens is 258 g/mol. The van der Waals surface area contributed by atoms with E-state index in [1.165, 1.54) is 7.11 Å². The lowest BCUT2D eigenvalue weighted by molar-refractivity contribution is -0.127. The predicted octanol–water partition coefficient (Wildman–Crippen LogP) is 1.43. The molecule has 0 unspecified atom stereocenters. The first-order valence-electron chi connectivity index (χ1n) is 6.68. The highest BCUT2D eigenvalue weighted by atomic mass is 16.5. The summed E-state index contributed by atoms with van der Waals surface area (Å²) in [6, 6.07) is 2.00. The van der Waals surface area contributed by atoms with Crippen LogP contribution in [0.2, 0.25) is 0 Å². The van der Waals surface area contributed by atoms with E-state index in [9.17, 15) is 4.79 Å². The second kappa shape index (κ2) is 6.88. The summed E-state index contributed by atoms with van der Waals surface area (Å²) in [4.78, 5) is 21.6. The Morgan fingerprint density at radius 1 is 1.45 bits per heavy atom. The summed E-state index contributed by atoms with van der Waals surface area (Å²) >= 11 is 0. The molecule has 2 rings (SSSR count). The molecule has 1 aromatic rings. The Labute approximate surface area is 118 Å². The van der Waals surface area contributed by atoms with E-state index in [2.05, 4.69) is 9.97 Å². The van der Waals surface area contributed by atoms with Crippen LogP contribution in [0.15, 0.2) is 24.4 Å². The van der Waals surface area contributed by atoms with Gasteiger partial charge in [-0.15, -0.1) is 0 Å². The number of piperidine rings is 1. The lowest BCUT2D eigenvalue weighted by Gasteiger charge is -2.31. The van der Waals surface area contributed by atoms with E-state index in [0.717, 1.165) is 12.8 Å². The van der Waals surface area contributed by atoms with Crippen LogP contribution in [-0.4, -0.2) is 47.1 Å². The maximum Gasteiger partial charge on any atom is 0.319 e. The molecule has 2 heterocycles. The van der Waals surface area contributed by atoms with Gasteiger partial charge in [-0.2, -0.15) is 4.98 Å². The molecule has 6 heteroatoms. The second-order valence-corrected chi connectivity index (χ2v) is 4.52. The minimum atomic E-state index is 0.0645. The Balaban J connectivity index is 1.86. The lowest BCUT2D eigenvalue weighted by atomic mass is 10.1. The van der Waals surface area contributed by atoms with Gasteiger partial charge in [0, 0.05) is 38.2 Å². The summed E-state index contributed by atoms with van der Waals surface area (Å²) in [6.07, 6.45) is 6.63. The van der Waals surface area contributed by atoms with Crippen molar-refractivity contribution in [1.29, 1.82) is 0 Å². The van der Waals surface area contributed by atoms with Crippen molar-refractivity contribution in [1.82, 2.24) is 14.9 Å². The number of carbonyl (C=O) groups excluding carboxylic acids is 1. The third kappa shape index (κ3) is 3.69. The van der Waals surface area contributed by atoms with Gasteiger partial charge in [0.15, 0.2) is 0 Å². The topological polar surface area (TPSA) is 64.6 Å². The Bertz CT molecular complexity index is 482.